The van der Waals surface area contributed by atoms with E-state index in [0.717, 1.165) is 44.9 Å². The lowest BCUT2D eigenvalue weighted by Gasteiger charge is -2.40. The maximum Gasteiger partial charge on any atom is 0.220 e. The molecule has 1 aliphatic rings. The van der Waals surface area contributed by atoms with Gasteiger partial charge in [0.05, 0.1) is 25.4 Å². The Morgan fingerprint density at radius 1 is 0.466 bits per heavy atom. The molecule has 0 saturated carbocycles. The number of carbonyl (C=O) groups excluding carboxylic acids is 1. The van der Waals surface area contributed by atoms with E-state index in [1.54, 1.807) is 6.08 Å². The van der Waals surface area contributed by atoms with Crippen molar-refractivity contribution in [2.24, 2.45) is 0 Å². The molecule has 0 aromatic rings. The third kappa shape index (κ3) is 43.1. The fourth-order valence-electron chi connectivity index (χ4n) is 10.2. The number of hydrogen-bond acceptors (Lipinski definition) is 8. The fraction of sp³-hybridized carbons (Fsp3) is 0.891. The van der Waals surface area contributed by atoms with E-state index >= 15 is 0 Å². The Kier molecular flexibility index (Phi) is 51.2. The standard InChI is InChI=1S/C64H121NO8/c1-3-5-7-9-11-13-15-17-18-19-20-21-22-23-24-25-26-27-28-29-30-31-32-33-34-35-36-37-38-39-40-42-44-46-48-50-52-54-60(68)65-57(56-72-64-63(71)62(70)61(69)59(55-66)73-64)58(67)53-51-49-47-45-43-41-16-14-12-10-8-6-4-2/h15,17,19-20,51,53,57-59,61-64,66-67,69-71H,3-14,16,18,21-50,52,54-56H2,1-2H3,(H,65,68)/b17-15-,20-19-,53-51+. The normalized spacial score (nSPS) is 19.2. The van der Waals surface area contributed by atoms with Crippen LogP contribution in [0.1, 0.15) is 309 Å². The van der Waals surface area contributed by atoms with Crippen molar-refractivity contribution in [2.75, 3.05) is 13.2 Å². The van der Waals surface area contributed by atoms with Gasteiger partial charge in [0.15, 0.2) is 6.29 Å². The van der Waals surface area contributed by atoms with Crippen molar-refractivity contribution in [1.29, 1.82) is 0 Å². The summed E-state index contributed by atoms with van der Waals surface area (Å²) in [6.07, 6.45) is 63.9. The molecule has 0 aromatic heterocycles. The molecule has 1 fully saturated rings. The van der Waals surface area contributed by atoms with E-state index in [0.29, 0.717) is 6.42 Å². The molecule has 7 unspecified atom stereocenters. The molecule has 1 aliphatic heterocycles. The second kappa shape index (κ2) is 53.8. The SMILES string of the molecule is CCCCCCC/C=C\C/C=C\CCCCCCCCCCCCCCCCCCCCCCCCCCCC(=O)NC(COC1OC(CO)C(O)C(O)C1O)C(O)/C=C/CCCCCCCCCCCCC. The Bertz CT molecular complexity index is 1240. The smallest absolute Gasteiger partial charge is 0.220 e. The van der Waals surface area contributed by atoms with E-state index in [-0.39, 0.29) is 12.5 Å². The third-order valence-corrected chi connectivity index (χ3v) is 15.2. The fourth-order valence-corrected chi connectivity index (χ4v) is 10.2. The number of nitrogens with one attached hydrogen (secondary N) is 1. The molecule has 1 heterocycles. The number of amides is 1. The van der Waals surface area contributed by atoms with Crippen LogP contribution >= 0.6 is 0 Å². The lowest BCUT2D eigenvalue weighted by Crippen LogP contribution is -2.60. The van der Waals surface area contributed by atoms with Crippen LogP contribution in [0.25, 0.3) is 0 Å². The van der Waals surface area contributed by atoms with Gasteiger partial charge in [-0.15, -0.1) is 0 Å². The molecule has 1 rings (SSSR count). The number of allylic oxidation sites excluding steroid dienone is 5. The average molecular weight is 1030 g/mol. The van der Waals surface area contributed by atoms with Crippen molar-refractivity contribution in [1.82, 2.24) is 5.32 Å². The third-order valence-electron chi connectivity index (χ3n) is 15.2. The van der Waals surface area contributed by atoms with Crippen molar-refractivity contribution >= 4 is 5.91 Å². The van der Waals surface area contributed by atoms with Crippen molar-refractivity contribution in [3.63, 3.8) is 0 Å². The topological polar surface area (TPSA) is 149 Å². The molecule has 0 aromatic carbocycles. The summed E-state index contributed by atoms with van der Waals surface area (Å²) >= 11 is 0. The van der Waals surface area contributed by atoms with Gasteiger partial charge in [-0.05, 0) is 51.4 Å². The summed E-state index contributed by atoms with van der Waals surface area (Å²) in [6, 6.07) is -0.802. The number of carbonyl (C=O) groups is 1. The highest BCUT2D eigenvalue weighted by Gasteiger charge is 2.44. The molecule has 0 spiro atoms. The van der Waals surface area contributed by atoms with Crippen LogP contribution in [0.5, 0.6) is 0 Å². The highest BCUT2D eigenvalue weighted by Crippen LogP contribution is 2.23. The molecule has 73 heavy (non-hydrogen) atoms. The van der Waals surface area contributed by atoms with Gasteiger partial charge in [-0.3, -0.25) is 4.79 Å². The molecule has 7 atom stereocenters. The minimum absolute atomic E-state index is 0.172. The minimum Gasteiger partial charge on any atom is -0.394 e. The Hall–Kier alpha value is -1.59. The van der Waals surface area contributed by atoms with Crippen molar-refractivity contribution < 1.29 is 39.8 Å². The zero-order valence-electron chi connectivity index (χ0n) is 47.9. The van der Waals surface area contributed by atoms with E-state index in [4.69, 9.17) is 9.47 Å². The first-order chi connectivity index (χ1) is 35.8. The molecular weight excluding hydrogens is 911 g/mol. The number of hydrogen-bond donors (Lipinski definition) is 6. The Morgan fingerprint density at radius 3 is 1.18 bits per heavy atom. The van der Waals surface area contributed by atoms with Crippen LogP contribution < -0.4 is 5.32 Å². The summed E-state index contributed by atoms with van der Waals surface area (Å²) in [4.78, 5) is 13.0. The van der Waals surface area contributed by atoms with Gasteiger partial charge < -0.3 is 40.3 Å². The van der Waals surface area contributed by atoms with E-state index in [1.165, 1.54) is 244 Å². The first-order valence-corrected chi connectivity index (χ1v) is 31.7. The zero-order chi connectivity index (χ0) is 52.9. The van der Waals surface area contributed by atoms with E-state index in [2.05, 4.69) is 43.5 Å². The minimum atomic E-state index is -1.56. The van der Waals surface area contributed by atoms with Crippen LogP contribution in [0.15, 0.2) is 36.5 Å². The maximum absolute atomic E-state index is 13.0. The van der Waals surface area contributed by atoms with Crippen LogP contribution in [-0.4, -0.2) is 87.5 Å². The molecule has 0 aliphatic carbocycles. The van der Waals surface area contributed by atoms with Crippen molar-refractivity contribution in [3.05, 3.63) is 36.5 Å². The number of rotatable bonds is 55. The Morgan fingerprint density at radius 2 is 0.808 bits per heavy atom. The lowest BCUT2D eigenvalue weighted by molar-refractivity contribution is -0.302. The average Bonchev–Trinajstić information content (AvgIpc) is 3.39. The summed E-state index contributed by atoms with van der Waals surface area (Å²) < 4.78 is 11.3. The first-order valence-electron chi connectivity index (χ1n) is 31.7. The molecule has 0 radical (unpaired) electrons. The maximum atomic E-state index is 13.0. The second-order valence-electron chi connectivity index (χ2n) is 22.2. The van der Waals surface area contributed by atoms with Crippen LogP contribution in [0.3, 0.4) is 0 Å². The van der Waals surface area contributed by atoms with Crippen LogP contribution in [0.2, 0.25) is 0 Å². The molecule has 430 valence electrons. The molecule has 1 saturated heterocycles. The zero-order valence-corrected chi connectivity index (χ0v) is 47.9. The Labute approximate surface area is 451 Å². The van der Waals surface area contributed by atoms with Gasteiger partial charge in [0, 0.05) is 6.42 Å². The van der Waals surface area contributed by atoms with E-state index in [1.807, 2.05) is 6.08 Å². The van der Waals surface area contributed by atoms with Gasteiger partial charge in [-0.25, -0.2) is 0 Å². The highest BCUT2D eigenvalue weighted by atomic mass is 16.7. The molecule has 9 heteroatoms. The monoisotopic (exact) mass is 1030 g/mol. The first kappa shape index (κ1) is 69.4. The number of aliphatic hydroxyl groups is 5. The van der Waals surface area contributed by atoms with Crippen LogP contribution in [0.4, 0.5) is 0 Å². The Balaban J connectivity index is 2.04. The molecule has 0 bridgehead atoms. The van der Waals surface area contributed by atoms with Crippen molar-refractivity contribution in [2.45, 2.75) is 352 Å². The molecule has 9 nitrogen and oxygen atoms in total. The van der Waals surface area contributed by atoms with Crippen LogP contribution in [0, 0.1) is 0 Å². The molecular formula is C64H121NO8. The highest BCUT2D eigenvalue weighted by molar-refractivity contribution is 5.76. The predicted octanol–water partition coefficient (Wildman–Crippen LogP) is 16.3. The van der Waals surface area contributed by atoms with Crippen molar-refractivity contribution in [3.8, 4) is 0 Å². The van der Waals surface area contributed by atoms with Gasteiger partial charge in [0.1, 0.15) is 24.4 Å². The summed E-state index contributed by atoms with van der Waals surface area (Å²) in [7, 11) is 0. The van der Waals surface area contributed by atoms with Crippen LogP contribution in [-0.2, 0) is 14.3 Å². The van der Waals surface area contributed by atoms with Gasteiger partial charge in [0.2, 0.25) is 5.91 Å². The number of aliphatic hydroxyl groups excluding tert-OH is 5. The second-order valence-corrected chi connectivity index (χ2v) is 22.2. The van der Waals surface area contributed by atoms with Gasteiger partial charge >= 0.3 is 0 Å². The largest absolute Gasteiger partial charge is 0.394 e. The van der Waals surface area contributed by atoms with E-state index in [9.17, 15) is 30.3 Å². The van der Waals surface area contributed by atoms with Gasteiger partial charge in [0.25, 0.3) is 0 Å². The summed E-state index contributed by atoms with van der Waals surface area (Å²) in [6.45, 7) is 3.79. The summed E-state index contributed by atoms with van der Waals surface area (Å²) in [5, 5.41) is 54.5. The summed E-state index contributed by atoms with van der Waals surface area (Å²) in [5.74, 6) is -0.172. The number of ether oxygens (including phenoxy) is 2. The summed E-state index contributed by atoms with van der Waals surface area (Å²) in [5.41, 5.74) is 0. The predicted molar refractivity (Wildman–Crippen MR) is 309 cm³/mol. The van der Waals surface area contributed by atoms with E-state index < -0.39 is 49.5 Å². The molecule has 6 N–H and O–H groups in total. The number of unbranched alkanes of at least 4 members (excludes halogenated alkanes) is 41. The lowest BCUT2D eigenvalue weighted by atomic mass is 9.99. The quantitative estimate of drug-likeness (QED) is 0.0261. The van der Waals surface area contributed by atoms with Gasteiger partial charge in [-0.1, -0.05) is 288 Å². The van der Waals surface area contributed by atoms with Gasteiger partial charge in [-0.2, -0.15) is 0 Å². The molecule has 1 amide bonds.